The maximum absolute atomic E-state index is 11.9. The van der Waals surface area contributed by atoms with Gasteiger partial charge in [0.05, 0.1) is 7.11 Å². The number of hydrogen-bond donors (Lipinski definition) is 1. The third-order valence-electron chi connectivity index (χ3n) is 3.22. The lowest BCUT2D eigenvalue weighted by atomic mass is 10.1. The summed E-state index contributed by atoms with van der Waals surface area (Å²) in [5.41, 5.74) is 6.68. The second-order valence-corrected chi connectivity index (χ2v) is 5.30. The van der Waals surface area contributed by atoms with E-state index in [0.717, 1.165) is 12.0 Å². The minimum atomic E-state index is -0.750. The molecule has 0 saturated carbocycles. The van der Waals surface area contributed by atoms with E-state index in [4.69, 9.17) is 17.3 Å². The largest absolute Gasteiger partial charge is 0.468 e. The minimum absolute atomic E-state index is 0. The van der Waals surface area contributed by atoms with Gasteiger partial charge in [0.25, 0.3) is 0 Å². The average molecular weight is 349 g/mol. The summed E-state index contributed by atoms with van der Waals surface area (Å²) >= 11 is 5.91. The van der Waals surface area contributed by atoms with Gasteiger partial charge in [-0.1, -0.05) is 23.7 Å². The maximum atomic E-state index is 11.9. The van der Waals surface area contributed by atoms with Crippen LogP contribution in [-0.4, -0.2) is 43.5 Å². The van der Waals surface area contributed by atoms with E-state index in [2.05, 4.69) is 4.74 Å². The molecule has 1 aromatic carbocycles. The summed E-state index contributed by atoms with van der Waals surface area (Å²) in [6.07, 6.45) is 1.24. The molecular formula is C15H22Cl2N2O3. The van der Waals surface area contributed by atoms with E-state index < -0.39 is 12.0 Å². The first kappa shape index (κ1) is 20.7. The summed E-state index contributed by atoms with van der Waals surface area (Å²) in [5, 5.41) is 0.686. The van der Waals surface area contributed by atoms with E-state index in [1.165, 1.54) is 7.11 Å². The first-order valence-corrected chi connectivity index (χ1v) is 7.13. The van der Waals surface area contributed by atoms with Crippen LogP contribution in [0.5, 0.6) is 0 Å². The number of ether oxygens (including phenoxy) is 1. The number of nitrogens with zero attached hydrogens (tertiary/aromatic N) is 1. The monoisotopic (exact) mass is 348 g/mol. The van der Waals surface area contributed by atoms with Crippen molar-refractivity contribution in [2.75, 3.05) is 20.7 Å². The molecule has 0 aromatic heterocycles. The molecule has 1 unspecified atom stereocenters. The molecular weight excluding hydrogens is 327 g/mol. The third kappa shape index (κ3) is 7.11. The Morgan fingerprint density at radius 3 is 2.68 bits per heavy atom. The van der Waals surface area contributed by atoms with E-state index >= 15 is 0 Å². The highest BCUT2D eigenvalue weighted by atomic mass is 35.5. The van der Waals surface area contributed by atoms with E-state index in [9.17, 15) is 9.59 Å². The molecule has 0 heterocycles. The summed E-state index contributed by atoms with van der Waals surface area (Å²) in [4.78, 5) is 24.7. The number of nitrogens with two attached hydrogens (primary N) is 1. The molecule has 0 spiro atoms. The molecule has 1 amide bonds. The SMILES string of the molecule is COC(=O)C(N)CCC(=O)N(C)CCc1cccc(Cl)c1.Cl. The lowest BCUT2D eigenvalue weighted by molar-refractivity contribution is -0.142. The number of benzene rings is 1. The Hall–Kier alpha value is -1.30. The maximum Gasteiger partial charge on any atom is 0.322 e. The normalized spacial score (nSPS) is 11.3. The Balaban J connectivity index is 0.00000441. The lowest BCUT2D eigenvalue weighted by Gasteiger charge is -2.18. The van der Waals surface area contributed by atoms with Crippen molar-refractivity contribution in [1.82, 2.24) is 4.90 Å². The first-order chi connectivity index (χ1) is 9.93. The number of methoxy groups -OCH3 is 1. The molecule has 0 fully saturated rings. The lowest BCUT2D eigenvalue weighted by Crippen LogP contribution is -2.34. The van der Waals surface area contributed by atoms with Crippen LogP contribution in [0.1, 0.15) is 18.4 Å². The predicted octanol–water partition coefficient (Wildman–Crippen LogP) is 2.04. The summed E-state index contributed by atoms with van der Waals surface area (Å²) < 4.78 is 4.52. The van der Waals surface area contributed by atoms with E-state index in [1.807, 2.05) is 24.3 Å². The zero-order chi connectivity index (χ0) is 15.8. The molecule has 124 valence electrons. The Kier molecular flexibility index (Phi) is 9.81. The molecule has 1 aromatic rings. The highest BCUT2D eigenvalue weighted by Crippen LogP contribution is 2.11. The minimum Gasteiger partial charge on any atom is -0.468 e. The van der Waals surface area contributed by atoms with Gasteiger partial charge in [-0.3, -0.25) is 9.59 Å². The first-order valence-electron chi connectivity index (χ1n) is 6.76. The molecule has 0 radical (unpaired) electrons. The standard InChI is InChI=1S/C15H21ClN2O3.ClH/c1-18(9-8-11-4-3-5-12(16)10-11)14(19)7-6-13(17)15(20)21-2;/h3-5,10,13H,6-9,17H2,1-2H3;1H. The fourth-order valence-corrected chi connectivity index (χ4v) is 2.07. The van der Waals surface area contributed by atoms with Crippen LogP contribution in [0.15, 0.2) is 24.3 Å². The fraction of sp³-hybridized carbons (Fsp3) is 0.467. The Labute approximate surface area is 142 Å². The van der Waals surface area contributed by atoms with Gasteiger partial charge in [0.1, 0.15) is 6.04 Å². The number of esters is 1. The average Bonchev–Trinajstić information content (AvgIpc) is 2.49. The van der Waals surface area contributed by atoms with Crippen LogP contribution in [0.25, 0.3) is 0 Å². The van der Waals surface area contributed by atoms with Crippen LogP contribution in [0.2, 0.25) is 5.02 Å². The molecule has 2 N–H and O–H groups in total. The van der Waals surface area contributed by atoms with Crippen molar-refractivity contribution in [3.05, 3.63) is 34.9 Å². The quantitative estimate of drug-likeness (QED) is 0.765. The molecule has 22 heavy (non-hydrogen) atoms. The van der Waals surface area contributed by atoms with Crippen LogP contribution >= 0.6 is 24.0 Å². The number of carbonyl (C=O) groups is 2. The van der Waals surface area contributed by atoms with Gasteiger partial charge in [0.15, 0.2) is 0 Å². The van der Waals surface area contributed by atoms with Crippen LogP contribution in [-0.2, 0) is 20.7 Å². The van der Waals surface area contributed by atoms with Crippen LogP contribution in [0.4, 0.5) is 0 Å². The highest BCUT2D eigenvalue weighted by molar-refractivity contribution is 6.30. The predicted molar refractivity (Wildman–Crippen MR) is 89.3 cm³/mol. The van der Waals surface area contributed by atoms with Gasteiger partial charge in [-0.15, -0.1) is 12.4 Å². The molecule has 0 aliphatic heterocycles. The highest BCUT2D eigenvalue weighted by Gasteiger charge is 2.17. The number of carbonyl (C=O) groups excluding carboxylic acids is 2. The number of likely N-dealkylation sites (N-methyl/N-ethyl adjacent to an activating group) is 1. The second-order valence-electron chi connectivity index (χ2n) is 4.86. The van der Waals surface area contributed by atoms with Gasteiger partial charge in [-0.05, 0) is 30.5 Å². The van der Waals surface area contributed by atoms with Gasteiger partial charge < -0.3 is 15.4 Å². The zero-order valence-corrected chi connectivity index (χ0v) is 14.3. The van der Waals surface area contributed by atoms with E-state index in [-0.39, 0.29) is 31.2 Å². The number of rotatable bonds is 7. The Bertz CT molecular complexity index is 497. The molecule has 7 heteroatoms. The van der Waals surface area contributed by atoms with Crippen molar-refractivity contribution < 1.29 is 14.3 Å². The number of hydrogen-bond acceptors (Lipinski definition) is 4. The van der Waals surface area contributed by atoms with Crippen molar-refractivity contribution in [2.45, 2.75) is 25.3 Å². The summed E-state index contributed by atoms with van der Waals surface area (Å²) in [6.45, 7) is 0.590. The van der Waals surface area contributed by atoms with Crippen LogP contribution < -0.4 is 5.73 Å². The van der Waals surface area contributed by atoms with Crippen LogP contribution in [0, 0.1) is 0 Å². The number of amides is 1. The molecule has 1 rings (SSSR count). The van der Waals surface area contributed by atoms with Gasteiger partial charge in [0.2, 0.25) is 5.91 Å². The second kappa shape index (κ2) is 10.4. The number of halogens is 2. The van der Waals surface area contributed by atoms with E-state index in [1.54, 1.807) is 11.9 Å². The van der Waals surface area contributed by atoms with Crippen molar-refractivity contribution in [2.24, 2.45) is 5.73 Å². The Morgan fingerprint density at radius 1 is 1.41 bits per heavy atom. The van der Waals surface area contributed by atoms with Gasteiger partial charge >= 0.3 is 5.97 Å². The van der Waals surface area contributed by atoms with Crippen molar-refractivity contribution in [3.63, 3.8) is 0 Å². The molecule has 0 aliphatic carbocycles. The summed E-state index contributed by atoms with van der Waals surface area (Å²) in [7, 11) is 3.01. The van der Waals surface area contributed by atoms with E-state index in [0.29, 0.717) is 11.6 Å². The fourth-order valence-electron chi connectivity index (χ4n) is 1.85. The Morgan fingerprint density at radius 2 is 2.09 bits per heavy atom. The van der Waals surface area contributed by atoms with Gasteiger partial charge in [0, 0.05) is 25.0 Å². The van der Waals surface area contributed by atoms with Crippen molar-refractivity contribution in [1.29, 1.82) is 0 Å². The summed E-state index contributed by atoms with van der Waals surface area (Å²) in [6, 6.07) is 6.80. The molecule has 0 bridgehead atoms. The molecule has 5 nitrogen and oxygen atoms in total. The topological polar surface area (TPSA) is 72.6 Å². The molecule has 0 aliphatic rings. The van der Waals surface area contributed by atoms with Gasteiger partial charge in [-0.25, -0.2) is 0 Å². The van der Waals surface area contributed by atoms with Crippen molar-refractivity contribution in [3.8, 4) is 0 Å². The summed E-state index contributed by atoms with van der Waals surface area (Å²) in [5.74, 6) is -0.541. The zero-order valence-electron chi connectivity index (χ0n) is 12.8. The smallest absolute Gasteiger partial charge is 0.322 e. The molecule has 1 atom stereocenters. The van der Waals surface area contributed by atoms with Crippen LogP contribution in [0.3, 0.4) is 0 Å². The third-order valence-corrected chi connectivity index (χ3v) is 3.46. The molecule has 0 saturated heterocycles. The van der Waals surface area contributed by atoms with Crippen molar-refractivity contribution >= 4 is 35.9 Å². The van der Waals surface area contributed by atoms with Gasteiger partial charge in [-0.2, -0.15) is 0 Å².